The van der Waals surface area contributed by atoms with E-state index in [1.165, 1.54) is 29.8 Å². The lowest BCUT2D eigenvalue weighted by Gasteiger charge is -2.36. The van der Waals surface area contributed by atoms with Crippen molar-refractivity contribution in [3.8, 4) is 11.4 Å². The van der Waals surface area contributed by atoms with Gasteiger partial charge in [-0.2, -0.15) is 8.78 Å². The molecular weight excluding hydrogens is 430 g/mol. The molecule has 2 radical (unpaired) electrons. The lowest BCUT2D eigenvalue weighted by atomic mass is 9.99. The highest BCUT2D eigenvalue weighted by Crippen LogP contribution is 2.37. The maximum Gasteiger partial charge on any atom is 0.387 e. The molecule has 0 amide bonds. The number of alkyl halides is 2. The third-order valence-electron chi connectivity index (χ3n) is 4.91. The van der Waals surface area contributed by atoms with Crippen LogP contribution in [0.4, 0.5) is 8.78 Å². The highest BCUT2D eigenvalue weighted by Gasteiger charge is 2.33. The summed E-state index contributed by atoms with van der Waals surface area (Å²) in [6.07, 6.45) is 0.811. The second-order valence-electron chi connectivity index (χ2n) is 6.85. The third kappa shape index (κ3) is 4.57. The molecule has 2 N–H and O–H groups in total. The molecule has 2 aromatic carbocycles. The van der Waals surface area contributed by atoms with Gasteiger partial charge in [-0.3, -0.25) is 14.3 Å². The van der Waals surface area contributed by atoms with Crippen molar-refractivity contribution >= 4 is 36.8 Å². The minimum atomic E-state index is -3.14. The van der Waals surface area contributed by atoms with Crippen LogP contribution in [0.2, 0.25) is 5.02 Å². The van der Waals surface area contributed by atoms with Crippen LogP contribution in [0.15, 0.2) is 36.4 Å². The predicted octanol–water partition coefficient (Wildman–Crippen LogP) is 3.24. The highest BCUT2D eigenvalue weighted by molar-refractivity contribution is 6.31. The number of para-hydroxylation sites is 1. The number of carbonyl (C=O) groups is 1. The summed E-state index contributed by atoms with van der Waals surface area (Å²) in [6.45, 7) is -1.38. The molecule has 0 spiro atoms. The normalized spacial score (nSPS) is 13.2. The van der Waals surface area contributed by atoms with Crippen LogP contribution in [-0.4, -0.2) is 58.3 Å². The van der Waals surface area contributed by atoms with E-state index in [9.17, 15) is 23.8 Å². The SMILES string of the molecule is [B]C(O)(O)N(C)C(CC)c1nc2ccc(Cl)cc2n1-c1c(C=O)cccc1OC(F)F. The number of fused-ring (bicyclic) bond motifs is 1. The zero-order valence-corrected chi connectivity index (χ0v) is 17.4. The number of ether oxygens (including phenoxy) is 1. The second-order valence-corrected chi connectivity index (χ2v) is 7.29. The summed E-state index contributed by atoms with van der Waals surface area (Å²) in [5, 5.41) is 20.2. The topological polar surface area (TPSA) is 87.8 Å². The predicted molar refractivity (Wildman–Crippen MR) is 112 cm³/mol. The van der Waals surface area contributed by atoms with E-state index in [1.54, 1.807) is 25.1 Å². The Hall–Kier alpha value is -2.53. The van der Waals surface area contributed by atoms with E-state index in [0.29, 0.717) is 28.8 Å². The number of rotatable bonds is 8. The molecule has 1 aromatic heterocycles. The van der Waals surface area contributed by atoms with E-state index in [0.717, 1.165) is 4.90 Å². The first-order valence-corrected chi connectivity index (χ1v) is 9.64. The van der Waals surface area contributed by atoms with E-state index >= 15 is 0 Å². The number of benzene rings is 2. The van der Waals surface area contributed by atoms with E-state index < -0.39 is 18.5 Å². The van der Waals surface area contributed by atoms with Gasteiger partial charge in [0, 0.05) is 10.6 Å². The standard InChI is InChI=1S/C20H19BClF2N3O4/c1-3-14(26(2)20(21,29)30)18-25-13-8-7-12(22)9-15(13)27(18)17-11(10-28)5-4-6-16(17)31-19(23)24/h4-10,14,19,29-30H,3H2,1-2H3. The zero-order valence-electron chi connectivity index (χ0n) is 16.7. The Bertz CT molecular complexity index is 1100. The van der Waals surface area contributed by atoms with Crippen molar-refractivity contribution in [1.82, 2.24) is 14.5 Å². The Morgan fingerprint density at radius 2 is 2.06 bits per heavy atom. The van der Waals surface area contributed by atoms with E-state index in [2.05, 4.69) is 9.72 Å². The van der Waals surface area contributed by atoms with Gasteiger partial charge in [0.25, 0.3) is 0 Å². The fourth-order valence-electron chi connectivity index (χ4n) is 3.45. The number of aromatic nitrogens is 2. The summed E-state index contributed by atoms with van der Waals surface area (Å²) in [7, 11) is 6.82. The molecule has 7 nitrogen and oxygen atoms in total. The Morgan fingerprint density at radius 1 is 1.35 bits per heavy atom. The number of hydrogen-bond acceptors (Lipinski definition) is 6. The first kappa shape index (κ1) is 23.1. The Morgan fingerprint density at radius 3 is 2.65 bits per heavy atom. The third-order valence-corrected chi connectivity index (χ3v) is 5.15. The molecule has 0 saturated heterocycles. The molecule has 1 heterocycles. The van der Waals surface area contributed by atoms with E-state index in [4.69, 9.17) is 19.4 Å². The Kier molecular flexibility index (Phi) is 6.66. The van der Waals surface area contributed by atoms with Crippen LogP contribution in [0.3, 0.4) is 0 Å². The number of aliphatic hydroxyl groups is 2. The maximum absolute atomic E-state index is 13.1. The summed E-state index contributed by atoms with van der Waals surface area (Å²) in [5.41, 5.74) is 0.917. The number of hydrogen-bond donors (Lipinski definition) is 2. The van der Waals surface area contributed by atoms with Crippen LogP contribution in [0.5, 0.6) is 5.75 Å². The first-order valence-electron chi connectivity index (χ1n) is 9.26. The van der Waals surface area contributed by atoms with Gasteiger partial charge in [0.15, 0.2) is 25.7 Å². The largest absolute Gasteiger partial charge is 0.433 e. The molecule has 0 aliphatic carbocycles. The quantitative estimate of drug-likeness (QED) is 0.312. The summed E-state index contributed by atoms with van der Waals surface area (Å²) in [6, 6.07) is 8.14. The molecule has 0 aliphatic rings. The van der Waals surface area contributed by atoms with Gasteiger partial charge < -0.3 is 14.9 Å². The summed E-state index contributed by atoms with van der Waals surface area (Å²) >= 11 is 6.16. The molecule has 1 unspecified atom stereocenters. The molecule has 0 aliphatic heterocycles. The second kappa shape index (κ2) is 8.92. The lowest BCUT2D eigenvalue weighted by Crippen LogP contribution is -2.49. The molecule has 0 fully saturated rings. The maximum atomic E-state index is 13.1. The monoisotopic (exact) mass is 449 g/mol. The van der Waals surface area contributed by atoms with Gasteiger partial charge in [0.05, 0.1) is 17.1 Å². The zero-order chi connectivity index (χ0) is 22.9. The average Bonchev–Trinajstić information content (AvgIpc) is 3.05. The average molecular weight is 450 g/mol. The number of imidazole rings is 1. The van der Waals surface area contributed by atoms with Gasteiger partial charge in [0.2, 0.25) is 0 Å². The van der Waals surface area contributed by atoms with Gasteiger partial charge in [-0.25, -0.2) is 4.98 Å². The fourth-order valence-corrected chi connectivity index (χ4v) is 3.62. The van der Waals surface area contributed by atoms with Gasteiger partial charge >= 0.3 is 6.61 Å². The van der Waals surface area contributed by atoms with Crippen LogP contribution in [-0.2, 0) is 0 Å². The molecule has 0 saturated carbocycles. The van der Waals surface area contributed by atoms with Crippen molar-refractivity contribution in [2.45, 2.75) is 31.8 Å². The smallest absolute Gasteiger partial charge is 0.387 e. The van der Waals surface area contributed by atoms with Crippen molar-refractivity contribution in [2.24, 2.45) is 0 Å². The van der Waals surface area contributed by atoms with Crippen LogP contribution in [0.25, 0.3) is 16.7 Å². The van der Waals surface area contributed by atoms with Crippen molar-refractivity contribution in [3.05, 3.63) is 52.8 Å². The summed E-state index contributed by atoms with van der Waals surface area (Å²) in [4.78, 5) is 17.4. The summed E-state index contributed by atoms with van der Waals surface area (Å²) in [5.74, 6) is -2.73. The molecule has 31 heavy (non-hydrogen) atoms. The number of nitrogens with zero attached hydrogens (tertiary/aromatic N) is 3. The number of aldehydes is 1. The Balaban J connectivity index is 2.41. The molecule has 1 atom stereocenters. The van der Waals surface area contributed by atoms with Gasteiger partial charge in [0.1, 0.15) is 11.5 Å². The highest BCUT2D eigenvalue weighted by atomic mass is 35.5. The molecule has 3 aromatic rings. The van der Waals surface area contributed by atoms with Crippen LogP contribution >= 0.6 is 11.6 Å². The van der Waals surface area contributed by atoms with Crippen molar-refractivity contribution < 1.29 is 28.5 Å². The van der Waals surface area contributed by atoms with Crippen molar-refractivity contribution in [2.75, 3.05) is 7.05 Å². The Labute approximate surface area is 183 Å². The molecule has 3 rings (SSSR count). The fraction of sp³-hybridized carbons (Fsp3) is 0.300. The van der Waals surface area contributed by atoms with Crippen LogP contribution in [0, 0.1) is 0 Å². The molecule has 0 bridgehead atoms. The van der Waals surface area contributed by atoms with Gasteiger partial charge in [-0.15, -0.1) is 0 Å². The molecule has 11 heteroatoms. The molecule has 162 valence electrons. The van der Waals surface area contributed by atoms with E-state index in [-0.39, 0.29) is 22.8 Å². The van der Waals surface area contributed by atoms with E-state index in [1.807, 2.05) is 0 Å². The van der Waals surface area contributed by atoms with Gasteiger partial charge in [-0.1, -0.05) is 24.6 Å². The van der Waals surface area contributed by atoms with Gasteiger partial charge in [-0.05, 0) is 43.8 Å². The number of halogens is 3. The van der Waals surface area contributed by atoms with Crippen molar-refractivity contribution in [3.63, 3.8) is 0 Å². The summed E-state index contributed by atoms with van der Waals surface area (Å²) < 4.78 is 32.4. The minimum absolute atomic E-state index is 0.0166. The molecular formula is C20H19BClF2N3O4. The van der Waals surface area contributed by atoms with Crippen molar-refractivity contribution in [1.29, 1.82) is 0 Å². The first-order chi connectivity index (χ1) is 14.6. The van der Waals surface area contributed by atoms with Crippen LogP contribution < -0.4 is 4.74 Å². The lowest BCUT2D eigenvalue weighted by molar-refractivity contribution is -0.203. The number of carbonyl (C=O) groups excluding carboxylic acids is 1. The van der Waals surface area contributed by atoms with Crippen LogP contribution in [0.1, 0.15) is 35.6 Å². The minimum Gasteiger partial charge on any atom is -0.433 e.